The van der Waals surface area contributed by atoms with Crippen LogP contribution in [0.1, 0.15) is 34.0 Å². The van der Waals surface area contributed by atoms with E-state index >= 15 is 0 Å². The fraction of sp³-hybridized carbons (Fsp3) is 0.125. The predicted molar refractivity (Wildman–Crippen MR) is 130 cm³/mol. The van der Waals surface area contributed by atoms with Gasteiger partial charge in [0.2, 0.25) is 0 Å². The van der Waals surface area contributed by atoms with Gasteiger partial charge in [-0.3, -0.25) is 0 Å². The number of nitriles is 5. The van der Waals surface area contributed by atoms with Crippen LogP contribution >= 0.6 is 22.7 Å². The molecule has 0 bridgehead atoms. The van der Waals surface area contributed by atoms with E-state index in [1.807, 2.05) is 26.0 Å². The molecule has 9 heteroatoms. The number of hydrogen-bond acceptors (Lipinski definition) is 8. The highest BCUT2D eigenvalue weighted by Gasteiger charge is 2.38. The Bertz CT molecular complexity index is 1460. The van der Waals surface area contributed by atoms with Gasteiger partial charge in [-0.25, -0.2) is 0 Å². The van der Waals surface area contributed by atoms with Crippen LogP contribution in [0.25, 0.3) is 17.7 Å². The molecule has 0 N–H and O–H groups in total. The standard InChI is InChI=1S/C24H14BN5OS2/c1-24(2)19(18(13-30)23(31-24)16(11-28)12-29)5-3-17-4-6-20(32-17)14(9-26)7-21-15(10-27)8-22(25)33-21/h3-8H,25H2,1-2H3/b5-3+,14-7+. The van der Waals surface area contributed by atoms with Crippen LogP contribution in [0.5, 0.6) is 0 Å². The lowest BCUT2D eigenvalue weighted by Gasteiger charge is -2.20. The van der Waals surface area contributed by atoms with Crippen LogP contribution in [0.3, 0.4) is 0 Å². The lowest BCUT2D eigenvalue weighted by molar-refractivity contribution is 0.0954. The van der Waals surface area contributed by atoms with Crippen LogP contribution in [0.4, 0.5) is 0 Å². The average Bonchev–Trinajstić information content (AvgIpc) is 3.46. The normalized spacial score (nSPS) is 14.7. The van der Waals surface area contributed by atoms with Crippen LogP contribution in [-0.2, 0) is 4.74 Å². The zero-order chi connectivity index (χ0) is 24.2. The van der Waals surface area contributed by atoms with Gasteiger partial charge in [0.25, 0.3) is 0 Å². The molecule has 0 aromatic carbocycles. The summed E-state index contributed by atoms with van der Waals surface area (Å²) in [5.41, 5.74) is 0.572. The molecule has 33 heavy (non-hydrogen) atoms. The number of nitrogens with zero attached hydrogens (tertiary/aromatic N) is 5. The molecule has 3 rings (SSSR count). The molecular weight excluding hydrogens is 449 g/mol. The van der Waals surface area contributed by atoms with Gasteiger partial charge in [0, 0.05) is 20.2 Å². The molecule has 0 unspecified atom stereocenters. The van der Waals surface area contributed by atoms with Crippen LogP contribution in [0.15, 0.2) is 46.8 Å². The van der Waals surface area contributed by atoms with E-state index < -0.39 is 5.60 Å². The Balaban J connectivity index is 1.98. The highest BCUT2D eigenvalue weighted by atomic mass is 32.1. The summed E-state index contributed by atoms with van der Waals surface area (Å²) in [5, 5.41) is 46.9. The maximum absolute atomic E-state index is 9.66. The molecule has 0 fully saturated rings. The van der Waals surface area contributed by atoms with Crippen molar-refractivity contribution in [1.82, 2.24) is 0 Å². The Morgan fingerprint density at radius 3 is 2.33 bits per heavy atom. The van der Waals surface area contributed by atoms with Crippen LogP contribution in [0.2, 0.25) is 0 Å². The zero-order valence-corrected chi connectivity index (χ0v) is 19.6. The van der Waals surface area contributed by atoms with Crippen LogP contribution in [0, 0.1) is 56.7 Å². The molecule has 156 valence electrons. The summed E-state index contributed by atoms with van der Waals surface area (Å²) in [4.78, 5) is 2.34. The Morgan fingerprint density at radius 1 is 1.00 bits per heavy atom. The van der Waals surface area contributed by atoms with Gasteiger partial charge in [0.15, 0.2) is 19.2 Å². The minimum absolute atomic E-state index is 0.00624. The van der Waals surface area contributed by atoms with Gasteiger partial charge in [-0.2, -0.15) is 37.6 Å². The Morgan fingerprint density at radius 2 is 1.73 bits per heavy atom. The Kier molecular flexibility index (Phi) is 6.68. The molecule has 0 aliphatic carbocycles. The Hall–Kier alpha value is -4.33. The Labute approximate surface area is 200 Å². The van der Waals surface area contributed by atoms with Crippen molar-refractivity contribution in [3.8, 4) is 30.3 Å². The number of rotatable bonds is 4. The van der Waals surface area contributed by atoms with Crippen molar-refractivity contribution in [3.05, 3.63) is 66.9 Å². The summed E-state index contributed by atoms with van der Waals surface area (Å²) >= 11 is 2.85. The van der Waals surface area contributed by atoms with Crippen molar-refractivity contribution < 1.29 is 4.74 Å². The van der Waals surface area contributed by atoms with Crippen LogP contribution in [-0.4, -0.2) is 13.4 Å². The van der Waals surface area contributed by atoms with Crippen molar-refractivity contribution in [2.45, 2.75) is 19.4 Å². The average molecular weight is 463 g/mol. The number of hydrogen-bond donors (Lipinski definition) is 0. The third-order valence-corrected chi connectivity index (χ3v) is 6.85. The van der Waals surface area contributed by atoms with Gasteiger partial charge in [0.1, 0.15) is 41.5 Å². The summed E-state index contributed by atoms with van der Waals surface area (Å²) in [6.07, 6.45) is 5.26. The molecule has 0 radical (unpaired) electrons. The van der Waals surface area contributed by atoms with Gasteiger partial charge >= 0.3 is 0 Å². The summed E-state index contributed by atoms with van der Waals surface area (Å²) in [6, 6.07) is 15.4. The molecule has 0 spiro atoms. The molecule has 1 aliphatic heterocycles. The molecule has 0 amide bonds. The highest BCUT2D eigenvalue weighted by molar-refractivity contribution is 7.21. The molecule has 3 heterocycles. The SMILES string of the molecule is Bc1cc(C#N)c(/C=C(\C#N)c2ccc(/C=C/C3=C(C#N)C(=C(C#N)C#N)OC3(C)C)s2)s1. The lowest BCUT2D eigenvalue weighted by Crippen LogP contribution is -2.20. The second-order valence-electron chi connectivity index (χ2n) is 7.39. The van der Waals surface area contributed by atoms with E-state index in [9.17, 15) is 26.3 Å². The largest absolute Gasteiger partial charge is 0.480 e. The van der Waals surface area contributed by atoms with Crippen molar-refractivity contribution in [3.63, 3.8) is 0 Å². The van der Waals surface area contributed by atoms with E-state index in [0.29, 0.717) is 16.7 Å². The number of allylic oxidation sites excluding steroid dienone is 3. The lowest BCUT2D eigenvalue weighted by atomic mass is 9.94. The van der Waals surface area contributed by atoms with Gasteiger partial charge < -0.3 is 4.74 Å². The van der Waals surface area contributed by atoms with E-state index in [1.54, 1.807) is 50.3 Å². The van der Waals surface area contributed by atoms with Crippen molar-refractivity contribution in [1.29, 1.82) is 26.3 Å². The fourth-order valence-corrected chi connectivity index (χ4v) is 5.04. The third-order valence-electron chi connectivity index (χ3n) is 4.77. The van der Waals surface area contributed by atoms with Crippen molar-refractivity contribution in [2.75, 3.05) is 0 Å². The molecule has 0 atom stereocenters. The first-order valence-corrected chi connectivity index (χ1v) is 11.2. The second kappa shape index (κ2) is 9.44. The first-order valence-electron chi connectivity index (χ1n) is 9.57. The predicted octanol–water partition coefficient (Wildman–Crippen LogP) is 3.95. The topological polar surface area (TPSA) is 128 Å². The third kappa shape index (κ3) is 4.64. The van der Waals surface area contributed by atoms with Gasteiger partial charge in [-0.1, -0.05) is 6.08 Å². The highest BCUT2D eigenvalue weighted by Crippen LogP contribution is 2.40. The molecule has 0 saturated carbocycles. The molecule has 2 aromatic rings. The summed E-state index contributed by atoms with van der Waals surface area (Å²) in [5.74, 6) is -0.00624. The summed E-state index contributed by atoms with van der Waals surface area (Å²) in [6.45, 7) is 3.52. The molecule has 6 nitrogen and oxygen atoms in total. The summed E-state index contributed by atoms with van der Waals surface area (Å²) in [7, 11) is 1.91. The molecule has 2 aromatic heterocycles. The first kappa shape index (κ1) is 23.3. The number of ether oxygens (including phenoxy) is 1. The van der Waals surface area contributed by atoms with Crippen molar-refractivity contribution in [2.24, 2.45) is 0 Å². The van der Waals surface area contributed by atoms with E-state index in [1.165, 1.54) is 22.7 Å². The quantitative estimate of drug-likeness (QED) is 0.499. The minimum Gasteiger partial charge on any atom is -0.480 e. The second-order valence-corrected chi connectivity index (χ2v) is 9.80. The van der Waals surface area contributed by atoms with E-state index in [4.69, 9.17) is 4.74 Å². The molecule has 1 aliphatic rings. The molecule has 0 saturated heterocycles. The van der Waals surface area contributed by atoms with Crippen molar-refractivity contribution >= 4 is 53.0 Å². The van der Waals surface area contributed by atoms with Gasteiger partial charge in [-0.05, 0) is 49.0 Å². The van der Waals surface area contributed by atoms with Gasteiger partial charge in [-0.15, -0.1) is 11.3 Å². The van der Waals surface area contributed by atoms with Gasteiger partial charge in [0.05, 0.1) is 11.1 Å². The fourth-order valence-electron chi connectivity index (χ4n) is 3.25. The minimum atomic E-state index is -0.890. The van der Waals surface area contributed by atoms with E-state index in [-0.39, 0.29) is 16.9 Å². The maximum atomic E-state index is 9.66. The van der Waals surface area contributed by atoms with E-state index in [2.05, 4.69) is 12.1 Å². The summed E-state index contributed by atoms with van der Waals surface area (Å²) < 4.78 is 6.76. The van der Waals surface area contributed by atoms with E-state index in [0.717, 1.165) is 19.4 Å². The maximum Gasteiger partial charge on any atom is 0.172 e. The smallest absolute Gasteiger partial charge is 0.172 e. The number of thiophene rings is 2. The zero-order valence-electron chi connectivity index (χ0n) is 17.9. The molecular formula is C24H14BN5OS2. The van der Waals surface area contributed by atoms with Crippen LogP contribution < -0.4 is 4.78 Å². The first-order chi connectivity index (χ1) is 15.8. The monoisotopic (exact) mass is 463 g/mol.